The Morgan fingerprint density at radius 1 is 0.921 bits per heavy atom. The number of benzene rings is 4. The summed E-state index contributed by atoms with van der Waals surface area (Å²) < 4.78 is 20.2. The van der Waals surface area contributed by atoms with Crippen LogP contribution in [0.15, 0.2) is 77.7 Å². The zero-order valence-corrected chi connectivity index (χ0v) is 21.0. The van der Waals surface area contributed by atoms with Gasteiger partial charge in [0.25, 0.3) is 5.56 Å². The van der Waals surface area contributed by atoms with Gasteiger partial charge in [-0.2, -0.15) is 0 Å². The van der Waals surface area contributed by atoms with E-state index in [1.54, 1.807) is 18.3 Å². The molecule has 0 atom stereocenters. The fraction of sp³-hybridized carbons (Fsp3) is 0.133. The van der Waals surface area contributed by atoms with E-state index in [1.807, 2.05) is 24.3 Å². The van der Waals surface area contributed by atoms with E-state index in [4.69, 9.17) is 21.3 Å². The topological polar surface area (TPSA) is 74.0 Å². The molecule has 1 fully saturated rings. The lowest BCUT2D eigenvalue weighted by atomic mass is 9.96. The monoisotopic (exact) mass is 524 g/mol. The number of nitrogens with one attached hydrogen (secondary N) is 2. The Morgan fingerprint density at radius 3 is 2.50 bits per heavy atom. The van der Waals surface area contributed by atoms with Gasteiger partial charge in [-0.1, -0.05) is 41.9 Å². The molecule has 0 radical (unpaired) electrons. The molecule has 188 valence electrons. The third-order valence-corrected chi connectivity index (χ3v) is 7.57. The van der Waals surface area contributed by atoms with E-state index in [0.717, 1.165) is 53.9 Å². The van der Waals surface area contributed by atoms with Crippen molar-refractivity contribution in [3.63, 3.8) is 0 Å². The van der Waals surface area contributed by atoms with E-state index in [9.17, 15) is 9.18 Å². The van der Waals surface area contributed by atoms with Gasteiger partial charge in [0.1, 0.15) is 11.6 Å². The van der Waals surface area contributed by atoms with Crippen LogP contribution in [0.4, 0.5) is 10.1 Å². The van der Waals surface area contributed by atoms with E-state index in [2.05, 4.69) is 39.1 Å². The Bertz CT molecular complexity index is 1890. The van der Waals surface area contributed by atoms with Crippen LogP contribution in [-0.4, -0.2) is 41.3 Å². The average Bonchev–Trinajstić information content (AvgIpc) is 3.39. The van der Waals surface area contributed by atoms with Crippen molar-refractivity contribution in [2.45, 2.75) is 0 Å². The molecule has 2 N–H and O–H groups in total. The summed E-state index contributed by atoms with van der Waals surface area (Å²) in [5, 5.41) is 3.10. The maximum absolute atomic E-state index is 14.7. The lowest BCUT2D eigenvalue weighted by molar-refractivity contribution is 0.122. The number of rotatable bonds is 3. The molecule has 2 aromatic heterocycles. The van der Waals surface area contributed by atoms with Gasteiger partial charge in [-0.3, -0.25) is 4.79 Å². The molecule has 0 amide bonds. The summed E-state index contributed by atoms with van der Waals surface area (Å²) in [6, 6.07) is 20.9. The highest BCUT2D eigenvalue weighted by atomic mass is 35.5. The minimum absolute atomic E-state index is 0.200. The number of ether oxygens (including phenoxy) is 1. The van der Waals surface area contributed by atoms with Gasteiger partial charge in [0.2, 0.25) is 0 Å². The summed E-state index contributed by atoms with van der Waals surface area (Å²) >= 11 is 6.34. The molecule has 8 heteroatoms. The molecule has 1 aliphatic heterocycles. The number of fused-ring (bicyclic) bond motifs is 6. The number of anilines is 1. The molecule has 0 saturated carbocycles. The van der Waals surface area contributed by atoms with Gasteiger partial charge >= 0.3 is 0 Å². The molecule has 6 aromatic rings. The van der Waals surface area contributed by atoms with Gasteiger partial charge in [-0.25, -0.2) is 9.37 Å². The van der Waals surface area contributed by atoms with E-state index >= 15 is 0 Å². The molecule has 0 unspecified atom stereocenters. The number of nitrogens with zero attached hydrogens (tertiary/aromatic N) is 2. The molecular weight excluding hydrogens is 503 g/mol. The fourth-order valence-corrected chi connectivity index (χ4v) is 5.64. The predicted octanol–water partition coefficient (Wildman–Crippen LogP) is 6.52. The number of pyridine rings is 1. The minimum atomic E-state index is -0.467. The highest BCUT2D eigenvalue weighted by Crippen LogP contribution is 2.38. The van der Waals surface area contributed by atoms with Crippen molar-refractivity contribution in [1.82, 2.24) is 15.0 Å². The summed E-state index contributed by atoms with van der Waals surface area (Å²) in [5.74, 6) is -0.147. The van der Waals surface area contributed by atoms with E-state index in [0.29, 0.717) is 27.6 Å². The largest absolute Gasteiger partial charge is 0.378 e. The Kier molecular flexibility index (Phi) is 5.42. The molecule has 0 spiro atoms. The first-order valence-electron chi connectivity index (χ1n) is 12.4. The number of halogens is 2. The van der Waals surface area contributed by atoms with Crippen molar-refractivity contribution in [2.24, 2.45) is 0 Å². The van der Waals surface area contributed by atoms with Crippen LogP contribution in [0.5, 0.6) is 0 Å². The first kappa shape index (κ1) is 23.0. The molecule has 6 nitrogen and oxygen atoms in total. The Balaban J connectivity index is 1.42. The van der Waals surface area contributed by atoms with Crippen LogP contribution in [0.25, 0.3) is 55.1 Å². The predicted molar refractivity (Wildman–Crippen MR) is 151 cm³/mol. The zero-order valence-electron chi connectivity index (χ0n) is 20.2. The summed E-state index contributed by atoms with van der Waals surface area (Å²) in [6.07, 6.45) is 1.61. The van der Waals surface area contributed by atoms with Gasteiger partial charge in [0.15, 0.2) is 0 Å². The maximum Gasteiger partial charge on any atom is 0.256 e. The molecule has 1 saturated heterocycles. The average molecular weight is 525 g/mol. The van der Waals surface area contributed by atoms with Crippen LogP contribution in [0.2, 0.25) is 5.02 Å². The standard InChI is InChI=1S/C30H22ClFN4O2/c31-23-2-1-3-24(32)26(23)29-34-27-20-9-6-18(17-4-7-19(8-5-17)36-12-14-38-15-13-36)16-22(20)25-21(28(27)35-29)10-11-33-30(25)37/h1-11,16H,12-15H2,(H,33,37)(H,34,35). The normalized spacial score (nSPS) is 14.1. The quantitative estimate of drug-likeness (QED) is 0.258. The molecule has 38 heavy (non-hydrogen) atoms. The molecule has 0 aliphatic carbocycles. The van der Waals surface area contributed by atoms with Crippen LogP contribution in [-0.2, 0) is 4.74 Å². The van der Waals surface area contributed by atoms with E-state index < -0.39 is 5.82 Å². The maximum atomic E-state index is 14.7. The van der Waals surface area contributed by atoms with Gasteiger partial charge in [-0.05, 0) is 52.9 Å². The third-order valence-electron chi connectivity index (χ3n) is 7.25. The molecule has 7 rings (SSSR count). The SMILES string of the molecule is O=c1[nH]ccc2c3[nH]c(-c4c(F)cccc4Cl)nc3c3ccc(-c4ccc(N5CCOCC5)cc4)cc3c12. The fourth-order valence-electron chi connectivity index (χ4n) is 5.38. The number of hydrogen-bond acceptors (Lipinski definition) is 4. The van der Waals surface area contributed by atoms with E-state index in [1.165, 1.54) is 6.07 Å². The number of morpholine rings is 1. The zero-order chi connectivity index (χ0) is 25.8. The molecule has 0 bridgehead atoms. The second kappa shape index (κ2) is 8.97. The Labute approximate surface area is 221 Å². The lowest BCUT2D eigenvalue weighted by Gasteiger charge is -2.28. The van der Waals surface area contributed by atoms with Crippen LogP contribution in [0.3, 0.4) is 0 Å². The highest BCUT2D eigenvalue weighted by molar-refractivity contribution is 6.33. The minimum Gasteiger partial charge on any atom is -0.378 e. The number of aromatic nitrogens is 3. The van der Waals surface area contributed by atoms with Gasteiger partial charge in [0.05, 0.1) is 40.2 Å². The summed E-state index contributed by atoms with van der Waals surface area (Å²) in [5.41, 5.74) is 4.52. The van der Waals surface area contributed by atoms with Crippen LogP contribution in [0.1, 0.15) is 0 Å². The Hall–Kier alpha value is -4.20. The number of hydrogen-bond donors (Lipinski definition) is 2. The first-order chi connectivity index (χ1) is 18.6. The van der Waals surface area contributed by atoms with E-state index in [-0.39, 0.29) is 16.1 Å². The van der Waals surface area contributed by atoms with Crippen molar-refractivity contribution in [1.29, 1.82) is 0 Å². The van der Waals surface area contributed by atoms with Crippen molar-refractivity contribution >= 4 is 49.9 Å². The Morgan fingerprint density at radius 2 is 1.71 bits per heavy atom. The van der Waals surface area contributed by atoms with Crippen molar-refractivity contribution in [3.05, 3.63) is 94.1 Å². The third kappa shape index (κ3) is 3.66. The van der Waals surface area contributed by atoms with Crippen molar-refractivity contribution in [3.8, 4) is 22.5 Å². The number of H-pyrrole nitrogens is 2. The van der Waals surface area contributed by atoms with Crippen LogP contribution < -0.4 is 10.5 Å². The number of aromatic amines is 2. The van der Waals surface area contributed by atoms with Crippen molar-refractivity contribution < 1.29 is 9.13 Å². The number of imidazole rings is 1. The molecule has 4 aromatic carbocycles. The van der Waals surface area contributed by atoms with Crippen molar-refractivity contribution in [2.75, 3.05) is 31.2 Å². The lowest BCUT2D eigenvalue weighted by Crippen LogP contribution is -2.36. The van der Waals surface area contributed by atoms with Crippen LogP contribution in [0, 0.1) is 5.82 Å². The molecule has 1 aliphatic rings. The second-order valence-corrected chi connectivity index (χ2v) is 9.82. The summed E-state index contributed by atoms with van der Waals surface area (Å²) in [7, 11) is 0. The van der Waals surface area contributed by atoms with Gasteiger partial charge < -0.3 is 19.6 Å². The summed E-state index contributed by atoms with van der Waals surface area (Å²) in [6.45, 7) is 3.23. The van der Waals surface area contributed by atoms with Crippen LogP contribution >= 0.6 is 11.6 Å². The molecular formula is C30H22ClFN4O2. The second-order valence-electron chi connectivity index (χ2n) is 9.41. The highest BCUT2D eigenvalue weighted by Gasteiger charge is 2.19. The molecule has 3 heterocycles. The first-order valence-corrected chi connectivity index (χ1v) is 12.8. The van der Waals surface area contributed by atoms with Gasteiger partial charge in [0, 0.05) is 35.7 Å². The smallest absolute Gasteiger partial charge is 0.256 e. The van der Waals surface area contributed by atoms with Gasteiger partial charge in [-0.15, -0.1) is 0 Å². The summed E-state index contributed by atoms with van der Waals surface area (Å²) in [4.78, 5) is 26.2.